The molecule has 5 aromatic carbocycles. The summed E-state index contributed by atoms with van der Waals surface area (Å²) in [6.07, 6.45) is 4.27. The number of anilines is 3. The van der Waals surface area contributed by atoms with Crippen LogP contribution in [0.3, 0.4) is 0 Å². The lowest BCUT2D eigenvalue weighted by Crippen LogP contribution is -2.31. The molecule has 1 atom stereocenters. The Kier molecular flexibility index (Phi) is 5.71. The van der Waals surface area contributed by atoms with E-state index < -0.39 is 6.17 Å². The summed E-state index contributed by atoms with van der Waals surface area (Å²) in [5.41, 5.74) is 7.26. The van der Waals surface area contributed by atoms with Crippen molar-refractivity contribution in [3.05, 3.63) is 156 Å². The van der Waals surface area contributed by atoms with E-state index in [1.807, 2.05) is 90.6 Å². The second kappa shape index (κ2) is 9.96. The van der Waals surface area contributed by atoms with Crippen LogP contribution in [0.4, 0.5) is 21.6 Å². The van der Waals surface area contributed by atoms with Crippen molar-refractivity contribution >= 4 is 76.0 Å². The summed E-state index contributed by atoms with van der Waals surface area (Å²) in [5.74, 6) is 0.812. The van der Waals surface area contributed by atoms with Gasteiger partial charge in [0.15, 0.2) is 6.17 Å². The van der Waals surface area contributed by atoms with Crippen molar-refractivity contribution < 1.29 is 4.39 Å². The largest absolute Gasteiger partial charge is 0.299 e. The second-order valence-electron chi connectivity index (χ2n) is 13.2. The van der Waals surface area contributed by atoms with Crippen molar-refractivity contribution in [2.24, 2.45) is 0 Å². The highest BCUT2D eigenvalue weighted by Gasteiger charge is 2.39. The molecule has 4 nitrogen and oxygen atoms in total. The molecule has 0 saturated heterocycles. The molecule has 230 valence electrons. The van der Waals surface area contributed by atoms with Gasteiger partial charge in [-0.2, -0.15) is 0 Å². The van der Waals surface area contributed by atoms with Gasteiger partial charge in [0.25, 0.3) is 0 Å². The summed E-state index contributed by atoms with van der Waals surface area (Å²) in [4.78, 5) is 11.8. The van der Waals surface area contributed by atoms with Gasteiger partial charge in [-0.1, -0.05) is 92.7 Å². The topological polar surface area (TPSA) is 33.4 Å². The van der Waals surface area contributed by atoms with Crippen molar-refractivity contribution in [1.82, 2.24) is 14.4 Å². The van der Waals surface area contributed by atoms with Gasteiger partial charge in [-0.05, 0) is 64.0 Å². The minimum atomic E-state index is -1.34. The molecular formula is C42H29FN4S. The smallest absolute Gasteiger partial charge is 0.150 e. The number of imidazole rings is 1. The molecule has 0 bridgehead atoms. The molecule has 0 spiro atoms. The molecule has 9 aromatic rings. The molecule has 0 saturated carbocycles. The predicted octanol–water partition coefficient (Wildman–Crippen LogP) is 11.6. The van der Waals surface area contributed by atoms with Gasteiger partial charge in [-0.15, -0.1) is 11.3 Å². The Labute approximate surface area is 280 Å². The summed E-state index contributed by atoms with van der Waals surface area (Å²) in [5, 5.41) is 5.60. The summed E-state index contributed by atoms with van der Waals surface area (Å²) < 4.78 is 21.5. The van der Waals surface area contributed by atoms with Crippen LogP contribution in [0.5, 0.6) is 0 Å². The van der Waals surface area contributed by atoms with Gasteiger partial charge in [0.1, 0.15) is 11.5 Å². The molecule has 1 aliphatic rings. The number of halogens is 1. The van der Waals surface area contributed by atoms with E-state index in [2.05, 4.69) is 82.7 Å². The lowest BCUT2D eigenvalue weighted by atomic mass is 9.73. The van der Waals surface area contributed by atoms with E-state index in [1.54, 1.807) is 0 Å². The molecule has 0 N–H and O–H groups in total. The zero-order valence-electron chi connectivity index (χ0n) is 26.4. The van der Waals surface area contributed by atoms with Crippen LogP contribution in [0.15, 0.2) is 134 Å². The summed E-state index contributed by atoms with van der Waals surface area (Å²) in [6, 6.07) is 39.5. The Bertz CT molecular complexity index is 2740. The Hall–Kier alpha value is -5.59. The van der Waals surface area contributed by atoms with Crippen LogP contribution < -0.4 is 4.90 Å². The third-order valence-corrected chi connectivity index (χ3v) is 11.4. The maximum atomic E-state index is 17.0. The highest BCUT2D eigenvalue weighted by atomic mass is 32.1. The summed E-state index contributed by atoms with van der Waals surface area (Å²) in [7, 11) is 0. The van der Waals surface area contributed by atoms with E-state index in [4.69, 9.17) is 4.98 Å². The summed E-state index contributed by atoms with van der Waals surface area (Å²) >= 11 is 1.81. The molecule has 0 fully saturated rings. The lowest BCUT2D eigenvalue weighted by Gasteiger charge is -2.42. The van der Waals surface area contributed by atoms with Gasteiger partial charge < -0.3 is 0 Å². The number of aromatic nitrogens is 3. The number of rotatable bonds is 3. The second-order valence-corrected chi connectivity index (χ2v) is 14.2. The Morgan fingerprint density at radius 3 is 2.29 bits per heavy atom. The number of para-hydroxylation sites is 1. The van der Waals surface area contributed by atoms with Crippen LogP contribution in [0, 0.1) is 0 Å². The van der Waals surface area contributed by atoms with Gasteiger partial charge in [0.05, 0.1) is 21.6 Å². The predicted molar refractivity (Wildman–Crippen MR) is 197 cm³/mol. The fourth-order valence-corrected chi connectivity index (χ4v) is 9.09. The molecule has 0 radical (unpaired) electrons. The molecule has 4 aromatic heterocycles. The van der Waals surface area contributed by atoms with Crippen molar-refractivity contribution in [3.63, 3.8) is 0 Å². The Morgan fingerprint density at radius 1 is 0.667 bits per heavy atom. The lowest BCUT2D eigenvalue weighted by molar-refractivity contribution is 0.402. The van der Waals surface area contributed by atoms with Crippen LogP contribution >= 0.6 is 11.3 Å². The monoisotopic (exact) mass is 640 g/mol. The third kappa shape index (κ3) is 3.75. The first kappa shape index (κ1) is 27.5. The fraction of sp³-hybridized carbons (Fsp3) is 0.0952. The van der Waals surface area contributed by atoms with E-state index in [0.29, 0.717) is 11.1 Å². The van der Waals surface area contributed by atoms with Crippen LogP contribution in [0.2, 0.25) is 0 Å². The zero-order chi connectivity index (χ0) is 32.1. The number of hydrogen-bond acceptors (Lipinski definition) is 4. The van der Waals surface area contributed by atoms with Gasteiger partial charge in [0, 0.05) is 50.3 Å². The standard InChI is InChI=1S/C42H29FN4S/c1-42(2)32-18-15-26(38(43)25-14-16-27-28-9-3-5-11-34(28)46-22-21-45-41(46)31(27)23-25)24-35(32)47(37-13-7-8-20-44-37)39-33(42)19-17-30-29-10-4-6-12-36(29)48-40(30)39/h3-24,38H,1-2H3. The molecule has 48 heavy (non-hydrogen) atoms. The van der Waals surface area contributed by atoms with Crippen LogP contribution in [0.1, 0.15) is 42.3 Å². The fourth-order valence-electron chi connectivity index (χ4n) is 7.85. The Morgan fingerprint density at radius 2 is 1.42 bits per heavy atom. The molecular weight excluding hydrogens is 612 g/mol. The number of thiophene rings is 1. The van der Waals surface area contributed by atoms with E-state index in [-0.39, 0.29) is 5.41 Å². The van der Waals surface area contributed by atoms with E-state index in [1.165, 1.54) is 25.7 Å². The van der Waals surface area contributed by atoms with Crippen molar-refractivity contribution in [3.8, 4) is 0 Å². The number of alkyl halides is 1. The van der Waals surface area contributed by atoms with E-state index >= 15 is 4.39 Å². The number of fused-ring (bicyclic) bond motifs is 12. The van der Waals surface area contributed by atoms with E-state index in [0.717, 1.165) is 50.1 Å². The maximum Gasteiger partial charge on any atom is 0.150 e. The average Bonchev–Trinajstić information content (AvgIpc) is 3.78. The Balaban J connectivity index is 1.18. The number of benzene rings is 5. The van der Waals surface area contributed by atoms with Crippen molar-refractivity contribution in [1.29, 1.82) is 0 Å². The minimum Gasteiger partial charge on any atom is -0.299 e. The quantitative estimate of drug-likeness (QED) is 0.180. The molecule has 6 heteroatoms. The van der Waals surface area contributed by atoms with Crippen LogP contribution in [-0.2, 0) is 5.41 Å². The molecule has 0 amide bonds. The molecule has 1 unspecified atom stereocenters. The first-order valence-corrected chi connectivity index (χ1v) is 17.0. The minimum absolute atomic E-state index is 0.319. The number of hydrogen-bond donors (Lipinski definition) is 0. The molecule has 5 heterocycles. The van der Waals surface area contributed by atoms with Crippen molar-refractivity contribution in [2.45, 2.75) is 25.4 Å². The molecule has 0 aliphatic carbocycles. The maximum absolute atomic E-state index is 17.0. The average molecular weight is 641 g/mol. The highest BCUT2D eigenvalue weighted by molar-refractivity contribution is 7.26. The van der Waals surface area contributed by atoms with E-state index in [9.17, 15) is 0 Å². The van der Waals surface area contributed by atoms with Gasteiger partial charge >= 0.3 is 0 Å². The first-order chi connectivity index (χ1) is 23.5. The molecule has 1 aliphatic heterocycles. The molecule has 10 rings (SSSR count). The number of pyridine rings is 2. The van der Waals surface area contributed by atoms with Crippen molar-refractivity contribution in [2.75, 3.05) is 4.90 Å². The number of nitrogens with zero attached hydrogens (tertiary/aromatic N) is 4. The van der Waals surface area contributed by atoms with Gasteiger partial charge in [0.2, 0.25) is 0 Å². The van der Waals surface area contributed by atoms with Crippen LogP contribution in [0.25, 0.3) is 47.5 Å². The summed E-state index contributed by atoms with van der Waals surface area (Å²) in [6.45, 7) is 4.55. The normalized spacial score (nSPS) is 14.6. The first-order valence-electron chi connectivity index (χ1n) is 16.2. The highest BCUT2D eigenvalue weighted by Crippen LogP contribution is 2.56. The third-order valence-electron chi connectivity index (χ3n) is 10.2. The zero-order valence-corrected chi connectivity index (χ0v) is 27.2. The SMILES string of the molecule is CC1(C)c2ccc(C(F)c3ccc4c5ccccc5n5ccnc5c4c3)cc2N(c2ccccn2)c2c1ccc1c2sc2ccccc21. The van der Waals surface area contributed by atoms with Gasteiger partial charge in [-0.3, -0.25) is 9.30 Å². The van der Waals surface area contributed by atoms with Gasteiger partial charge in [-0.25, -0.2) is 14.4 Å². The van der Waals surface area contributed by atoms with Crippen LogP contribution in [-0.4, -0.2) is 14.4 Å².